The van der Waals surface area contributed by atoms with Gasteiger partial charge in [0.25, 0.3) is 0 Å². The summed E-state index contributed by atoms with van der Waals surface area (Å²) in [5, 5.41) is 8.78. The summed E-state index contributed by atoms with van der Waals surface area (Å²) in [5.41, 5.74) is 0. The Morgan fingerprint density at radius 2 is 2.00 bits per heavy atom. The summed E-state index contributed by atoms with van der Waals surface area (Å²) in [4.78, 5) is 0. The van der Waals surface area contributed by atoms with E-state index in [9.17, 15) is 0 Å². The van der Waals surface area contributed by atoms with Crippen molar-refractivity contribution in [3.05, 3.63) is 0 Å². The van der Waals surface area contributed by atoms with Crippen LogP contribution in [0.1, 0.15) is 52.4 Å². The molecule has 0 heterocycles. The second-order valence-electron chi connectivity index (χ2n) is 5.15. The van der Waals surface area contributed by atoms with Crippen molar-refractivity contribution in [3.8, 4) is 0 Å². The van der Waals surface area contributed by atoms with Crippen molar-refractivity contribution in [2.75, 3.05) is 13.2 Å². The van der Waals surface area contributed by atoms with Crippen LogP contribution in [0, 0.1) is 11.8 Å². The molecule has 2 atom stereocenters. The maximum Gasteiger partial charge on any atom is 0.0701 e. The van der Waals surface area contributed by atoms with Crippen LogP contribution in [0.3, 0.4) is 0 Å². The van der Waals surface area contributed by atoms with Crippen LogP contribution in [0.4, 0.5) is 0 Å². The van der Waals surface area contributed by atoms with Gasteiger partial charge in [-0.2, -0.15) is 0 Å². The molecular weight excluding hydrogens is 188 g/mol. The molecule has 15 heavy (non-hydrogen) atoms. The molecule has 1 N–H and O–H groups in total. The monoisotopic (exact) mass is 214 g/mol. The van der Waals surface area contributed by atoms with Crippen LogP contribution in [0.5, 0.6) is 0 Å². The van der Waals surface area contributed by atoms with E-state index in [0.29, 0.717) is 12.7 Å². The molecule has 0 radical (unpaired) electrons. The Labute approximate surface area is 94.0 Å². The predicted octanol–water partition coefficient (Wildman–Crippen LogP) is 2.99. The van der Waals surface area contributed by atoms with Gasteiger partial charge in [0.1, 0.15) is 0 Å². The number of rotatable bonds is 6. The van der Waals surface area contributed by atoms with Gasteiger partial charge in [-0.05, 0) is 31.1 Å². The van der Waals surface area contributed by atoms with Crippen molar-refractivity contribution in [1.29, 1.82) is 0 Å². The largest absolute Gasteiger partial charge is 0.394 e. The summed E-state index contributed by atoms with van der Waals surface area (Å²) in [6.07, 6.45) is 8.21. The molecule has 1 saturated carbocycles. The average Bonchev–Trinajstić information content (AvgIpc) is 2.24. The van der Waals surface area contributed by atoms with E-state index in [-0.39, 0.29) is 6.61 Å². The quantitative estimate of drug-likeness (QED) is 0.736. The van der Waals surface area contributed by atoms with Crippen molar-refractivity contribution in [1.82, 2.24) is 0 Å². The van der Waals surface area contributed by atoms with E-state index < -0.39 is 0 Å². The molecule has 0 amide bonds. The third-order valence-corrected chi connectivity index (χ3v) is 3.38. The van der Waals surface area contributed by atoms with Crippen LogP contribution >= 0.6 is 0 Å². The molecule has 0 aliphatic heterocycles. The van der Waals surface area contributed by atoms with E-state index in [1.165, 1.54) is 38.5 Å². The Balaban J connectivity index is 2.29. The number of hydrogen-bond donors (Lipinski definition) is 1. The lowest BCUT2D eigenvalue weighted by atomic mass is 9.82. The fourth-order valence-electron chi connectivity index (χ4n) is 2.47. The molecule has 0 saturated heterocycles. The molecule has 90 valence electrons. The normalized spacial score (nSPS) is 27.2. The smallest absolute Gasteiger partial charge is 0.0701 e. The van der Waals surface area contributed by atoms with Crippen molar-refractivity contribution in [3.63, 3.8) is 0 Å². The van der Waals surface area contributed by atoms with Gasteiger partial charge < -0.3 is 9.84 Å². The third kappa shape index (κ3) is 4.98. The number of aliphatic hydroxyl groups is 1. The highest BCUT2D eigenvalue weighted by molar-refractivity contribution is 4.76. The van der Waals surface area contributed by atoms with Gasteiger partial charge in [-0.3, -0.25) is 0 Å². The van der Waals surface area contributed by atoms with Gasteiger partial charge >= 0.3 is 0 Å². The standard InChI is InChI=1S/C13H26O2/c1-11(2)7-8-12-5-3-4-6-13(12)15-10-9-14/h11-14H,3-10H2,1-2H3. The Morgan fingerprint density at radius 1 is 1.27 bits per heavy atom. The molecule has 0 aromatic rings. The van der Waals surface area contributed by atoms with E-state index >= 15 is 0 Å². The summed E-state index contributed by atoms with van der Waals surface area (Å²) in [6, 6.07) is 0. The maximum atomic E-state index is 8.78. The predicted molar refractivity (Wildman–Crippen MR) is 62.9 cm³/mol. The van der Waals surface area contributed by atoms with Gasteiger partial charge in [-0.15, -0.1) is 0 Å². The first-order valence-corrected chi connectivity index (χ1v) is 6.46. The zero-order valence-electron chi connectivity index (χ0n) is 10.2. The topological polar surface area (TPSA) is 29.5 Å². The van der Waals surface area contributed by atoms with Crippen molar-refractivity contribution in [2.45, 2.75) is 58.5 Å². The van der Waals surface area contributed by atoms with Gasteiger partial charge in [0.2, 0.25) is 0 Å². The van der Waals surface area contributed by atoms with Gasteiger partial charge in [-0.1, -0.05) is 33.1 Å². The fraction of sp³-hybridized carbons (Fsp3) is 1.00. The minimum atomic E-state index is 0.160. The first-order valence-electron chi connectivity index (χ1n) is 6.46. The zero-order chi connectivity index (χ0) is 11.1. The van der Waals surface area contributed by atoms with Crippen molar-refractivity contribution < 1.29 is 9.84 Å². The fourth-order valence-corrected chi connectivity index (χ4v) is 2.47. The molecule has 2 unspecified atom stereocenters. The zero-order valence-corrected chi connectivity index (χ0v) is 10.2. The van der Waals surface area contributed by atoms with E-state index in [1.54, 1.807) is 0 Å². The van der Waals surface area contributed by atoms with E-state index in [2.05, 4.69) is 13.8 Å². The van der Waals surface area contributed by atoms with Crippen LogP contribution in [-0.4, -0.2) is 24.4 Å². The van der Waals surface area contributed by atoms with E-state index in [1.807, 2.05) is 0 Å². The molecule has 0 aromatic heterocycles. The minimum Gasteiger partial charge on any atom is -0.394 e. The highest BCUT2D eigenvalue weighted by atomic mass is 16.5. The Kier molecular flexibility index (Phi) is 6.26. The van der Waals surface area contributed by atoms with E-state index in [0.717, 1.165) is 11.8 Å². The number of aliphatic hydroxyl groups excluding tert-OH is 1. The van der Waals surface area contributed by atoms with Crippen LogP contribution in [0.2, 0.25) is 0 Å². The number of ether oxygens (including phenoxy) is 1. The van der Waals surface area contributed by atoms with Crippen LogP contribution in [-0.2, 0) is 4.74 Å². The second kappa shape index (κ2) is 7.24. The molecular formula is C13H26O2. The highest BCUT2D eigenvalue weighted by Gasteiger charge is 2.25. The van der Waals surface area contributed by atoms with Gasteiger partial charge in [0.15, 0.2) is 0 Å². The Morgan fingerprint density at radius 3 is 2.67 bits per heavy atom. The molecule has 2 heteroatoms. The molecule has 2 nitrogen and oxygen atoms in total. The highest BCUT2D eigenvalue weighted by Crippen LogP contribution is 2.31. The van der Waals surface area contributed by atoms with Crippen LogP contribution in [0.15, 0.2) is 0 Å². The summed E-state index contributed by atoms with van der Waals surface area (Å²) < 4.78 is 5.73. The first-order chi connectivity index (χ1) is 7.24. The molecule has 1 rings (SSSR count). The molecule has 0 bridgehead atoms. The van der Waals surface area contributed by atoms with Gasteiger partial charge in [0, 0.05) is 0 Å². The SMILES string of the molecule is CC(C)CCC1CCCCC1OCCO. The molecule has 1 aliphatic rings. The minimum absolute atomic E-state index is 0.160. The van der Waals surface area contributed by atoms with E-state index in [4.69, 9.17) is 9.84 Å². The van der Waals surface area contributed by atoms with Crippen molar-refractivity contribution in [2.24, 2.45) is 11.8 Å². The second-order valence-corrected chi connectivity index (χ2v) is 5.15. The summed E-state index contributed by atoms with van der Waals surface area (Å²) in [5.74, 6) is 1.54. The van der Waals surface area contributed by atoms with Gasteiger partial charge in [-0.25, -0.2) is 0 Å². The third-order valence-electron chi connectivity index (χ3n) is 3.38. The lowest BCUT2D eigenvalue weighted by molar-refractivity contribution is -0.0283. The summed E-state index contributed by atoms with van der Waals surface area (Å²) >= 11 is 0. The maximum absolute atomic E-state index is 8.78. The lowest BCUT2D eigenvalue weighted by Gasteiger charge is -2.31. The van der Waals surface area contributed by atoms with Gasteiger partial charge in [0.05, 0.1) is 19.3 Å². The van der Waals surface area contributed by atoms with Crippen LogP contribution in [0.25, 0.3) is 0 Å². The molecule has 0 aromatic carbocycles. The summed E-state index contributed by atoms with van der Waals surface area (Å²) in [7, 11) is 0. The molecule has 1 aliphatic carbocycles. The average molecular weight is 214 g/mol. The van der Waals surface area contributed by atoms with Crippen molar-refractivity contribution >= 4 is 0 Å². The first kappa shape index (κ1) is 13.0. The summed E-state index contributed by atoms with van der Waals surface area (Å²) in [6.45, 7) is 5.25. The Bertz CT molecular complexity index is 157. The van der Waals surface area contributed by atoms with Crippen LogP contribution < -0.4 is 0 Å². The molecule has 0 spiro atoms. The lowest BCUT2D eigenvalue weighted by Crippen LogP contribution is -2.29. The number of hydrogen-bond acceptors (Lipinski definition) is 2. The Hall–Kier alpha value is -0.0800. The molecule has 1 fully saturated rings.